The normalized spacial score (nSPS) is 14.7. The van der Waals surface area contributed by atoms with Gasteiger partial charge in [0.25, 0.3) is 0 Å². The zero-order chi connectivity index (χ0) is 23.9. The molecule has 1 N–H and O–H groups in total. The number of hydrogen-bond acceptors (Lipinski definition) is 4. The molecular formula is C31H31NO3. The Morgan fingerprint density at radius 1 is 0.771 bits per heavy atom. The summed E-state index contributed by atoms with van der Waals surface area (Å²) in [5.41, 5.74) is 6.15. The minimum absolute atomic E-state index is 0.0992. The Bertz CT molecular complexity index is 1220. The molecule has 4 aromatic rings. The van der Waals surface area contributed by atoms with Crippen LogP contribution in [-0.2, 0) is 19.4 Å². The van der Waals surface area contributed by atoms with E-state index < -0.39 is 0 Å². The molecule has 0 saturated carbocycles. The van der Waals surface area contributed by atoms with E-state index in [-0.39, 0.29) is 6.04 Å². The molecule has 0 radical (unpaired) electrons. The molecule has 4 heteroatoms. The van der Waals surface area contributed by atoms with Crippen LogP contribution >= 0.6 is 0 Å². The Balaban J connectivity index is 1.30. The maximum absolute atomic E-state index is 6.19. The summed E-state index contributed by atoms with van der Waals surface area (Å²) in [6, 6.07) is 33.4. The third-order valence-corrected chi connectivity index (χ3v) is 6.43. The van der Waals surface area contributed by atoms with Gasteiger partial charge >= 0.3 is 0 Å². The van der Waals surface area contributed by atoms with E-state index in [4.69, 9.17) is 14.2 Å². The van der Waals surface area contributed by atoms with Gasteiger partial charge < -0.3 is 19.5 Å². The van der Waals surface area contributed by atoms with Crippen molar-refractivity contribution in [3.05, 3.63) is 125 Å². The summed E-state index contributed by atoms with van der Waals surface area (Å²) in [6.45, 7) is 2.08. The van der Waals surface area contributed by atoms with Crippen molar-refractivity contribution in [2.75, 3.05) is 20.3 Å². The molecule has 0 aliphatic carbocycles. The van der Waals surface area contributed by atoms with Crippen LogP contribution < -0.4 is 19.5 Å². The van der Waals surface area contributed by atoms with Crippen LogP contribution in [-0.4, -0.2) is 20.3 Å². The fraction of sp³-hybridized carbons (Fsp3) is 0.226. The fourth-order valence-corrected chi connectivity index (χ4v) is 4.56. The van der Waals surface area contributed by atoms with E-state index in [9.17, 15) is 0 Å². The summed E-state index contributed by atoms with van der Waals surface area (Å²) < 4.78 is 17.8. The van der Waals surface area contributed by atoms with Crippen molar-refractivity contribution in [1.82, 2.24) is 5.32 Å². The Morgan fingerprint density at radius 3 is 2.20 bits per heavy atom. The van der Waals surface area contributed by atoms with E-state index in [1.54, 1.807) is 7.11 Å². The van der Waals surface area contributed by atoms with Crippen molar-refractivity contribution in [1.29, 1.82) is 0 Å². The van der Waals surface area contributed by atoms with Crippen LogP contribution in [0.25, 0.3) is 0 Å². The first-order valence-electron chi connectivity index (χ1n) is 12.2. The molecule has 4 aromatic carbocycles. The lowest BCUT2D eigenvalue weighted by Gasteiger charge is -2.29. The Hall–Kier alpha value is -3.76. The minimum atomic E-state index is 0.0992. The van der Waals surface area contributed by atoms with E-state index >= 15 is 0 Å². The highest BCUT2D eigenvalue weighted by Crippen LogP contribution is 2.38. The molecule has 0 aromatic heterocycles. The van der Waals surface area contributed by atoms with E-state index in [0.29, 0.717) is 13.2 Å². The maximum atomic E-state index is 6.19. The molecule has 1 unspecified atom stereocenters. The van der Waals surface area contributed by atoms with Crippen molar-refractivity contribution in [2.24, 2.45) is 0 Å². The summed E-state index contributed by atoms with van der Waals surface area (Å²) in [7, 11) is 1.70. The van der Waals surface area contributed by atoms with Gasteiger partial charge in [-0.25, -0.2) is 0 Å². The highest BCUT2D eigenvalue weighted by molar-refractivity contribution is 5.52. The van der Waals surface area contributed by atoms with Gasteiger partial charge in [-0.1, -0.05) is 72.8 Å². The Labute approximate surface area is 207 Å². The second-order valence-electron chi connectivity index (χ2n) is 8.77. The van der Waals surface area contributed by atoms with E-state index in [0.717, 1.165) is 42.2 Å². The van der Waals surface area contributed by atoms with Crippen molar-refractivity contribution in [3.63, 3.8) is 0 Å². The lowest BCUT2D eigenvalue weighted by atomic mass is 9.89. The molecule has 5 rings (SSSR count). The average molecular weight is 466 g/mol. The van der Waals surface area contributed by atoms with Gasteiger partial charge in [-0.05, 0) is 58.5 Å². The van der Waals surface area contributed by atoms with E-state index in [1.165, 1.54) is 22.3 Å². The second-order valence-corrected chi connectivity index (χ2v) is 8.77. The molecule has 0 spiro atoms. The number of nitrogens with one attached hydrogen (secondary N) is 1. The SMILES string of the molecule is COc1cc2c(cc1OCc1ccccc1)C(c1ccc(OCCc3ccccc3)cc1)NCC2. The van der Waals surface area contributed by atoms with Crippen LogP contribution in [0, 0.1) is 0 Å². The third-order valence-electron chi connectivity index (χ3n) is 6.43. The van der Waals surface area contributed by atoms with Gasteiger partial charge in [-0.15, -0.1) is 0 Å². The highest BCUT2D eigenvalue weighted by Gasteiger charge is 2.24. The molecule has 0 bridgehead atoms. The lowest BCUT2D eigenvalue weighted by molar-refractivity contribution is 0.283. The third kappa shape index (κ3) is 5.67. The van der Waals surface area contributed by atoms with Gasteiger partial charge in [0.2, 0.25) is 0 Å². The molecule has 1 aliphatic rings. The summed E-state index contributed by atoms with van der Waals surface area (Å²) in [5, 5.41) is 3.68. The largest absolute Gasteiger partial charge is 0.493 e. The van der Waals surface area contributed by atoms with Crippen LogP contribution in [0.5, 0.6) is 17.2 Å². The molecule has 1 aliphatic heterocycles. The van der Waals surface area contributed by atoms with E-state index in [1.807, 2.05) is 24.3 Å². The maximum Gasteiger partial charge on any atom is 0.162 e. The molecule has 0 amide bonds. The van der Waals surface area contributed by atoms with Gasteiger partial charge in [-0.3, -0.25) is 0 Å². The average Bonchev–Trinajstić information content (AvgIpc) is 2.92. The quantitative estimate of drug-likeness (QED) is 0.323. The number of rotatable bonds is 9. The van der Waals surface area contributed by atoms with Gasteiger partial charge in [0, 0.05) is 13.0 Å². The standard InChI is InChI=1S/C31H31NO3/c1-33-29-20-26-16-18-32-31(28(26)21-30(29)35-22-24-10-6-3-7-11-24)25-12-14-27(15-13-25)34-19-17-23-8-4-2-5-9-23/h2-15,20-21,31-32H,16-19,22H2,1H3. The first-order valence-corrected chi connectivity index (χ1v) is 12.2. The van der Waals surface area contributed by atoms with Crippen molar-refractivity contribution in [2.45, 2.75) is 25.5 Å². The zero-order valence-corrected chi connectivity index (χ0v) is 20.1. The predicted octanol–water partition coefficient (Wildman–Crippen LogP) is 6.13. The molecule has 0 saturated heterocycles. The smallest absolute Gasteiger partial charge is 0.162 e. The van der Waals surface area contributed by atoms with Crippen LogP contribution in [0.4, 0.5) is 0 Å². The predicted molar refractivity (Wildman–Crippen MR) is 139 cm³/mol. The molecule has 0 fully saturated rings. The van der Waals surface area contributed by atoms with Crippen LogP contribution in [0.1, 0.15) is 33.9 Å². The number of fused-ring (bicyclic) bond motifs is 1. The summed E-state index contributed by atoms with van der Waals surface area (Å²) in [6.07, 6.45) is 1.86. The summed E-state index contributed by atoms with van der Waals surface area (Å²) in [4.78, 5) is 0. The molecule has 178 valence electrons. The van der Waals surface area contributed by atoms with Crippen molar-refractivity contribution in [3.8, 4) is 17.2 Å². The Morgan fingerprint density at radius 2 is 1.49 bits per heavy atom. The second kappa shape index (κ2) is 11.1. The van der Waals surface area contributed by atoms with Crippen LogP contribution in [0.3, 0.4) is 0 Å². The van der Waals surface area contributed by atoms with Gasteiger partial charge in [0.05, 0.1) is 19.8 Å². The highest BCUT2D eigenvalue weighted by atomic mass is 16.5. The van der Waals surface area contributed by atoms with Crippen LogP contribution in [0.15, 0.2) is 97.1 Å². The number of methoxy groups -OCH3 is 1. The van der Waals surface area contributed by atoms with Gasteiger partial charge in [-0.2, -0.15) is 0 Å². The topological polar surface area (TPSA) is 39.7 Å². The number of ether oxygens (including phenoxy) is 3. The first kappa shape index (κ1) is 23.0. The van der Waals surface area contributed by atoms with Crippen molar-refractivity contribution < 1.29 is 14.2 Å². The Kier molecular flexibility index (Phi) is 7.30. The lowest BCUT2D eigenvalue weighted by Crippen LogP contribution is -2.30. The molecular weight excluding hydrogens is 434 g/mol. The molecule has 4 nitrogen and oxygen atoms in total. The van der Waals surface area contributed by atoms with Gasteiger partial charge in [0.15, 0.2) is 11.5 Å². The fourth-order valence-electron chi connectivity index (χ4n) is 4.56. The van der Waals surface area contributed by atoms with E-state index in [2.05, 4.69) is 78.1 Å². The molecule has 1 atom stereocenters. The molecule has 35 heavy (non-hydrogen) atoms. The van der Waals surface area contributed by atoms with Crippen molar-refractivity contribution >= 4 is 0 Å². The molecule has 1 heterocycles. The first-order chi connectivity index (χ1) is 17.3. The minimum Gasteiger partial charge on any atom is -0.493 e. The summed E-state index contributed by atoms with van der Waals surface area (Å²) >= 11 is 0. The summed E-state index contributed by atoms with van der Waals surface area (Å²) in [5.74, 6) is 2.44. The zero-order valence-electron chi connectivity index (χ0n) is 20.1. The van der Waals surface area contributed by atoms with Gasteiger partial charge in [0.1, 0.15) is 12.4 Å². The number of hydrogen-bond donors (Lipinski definition) is 1. The monoisotopic (exact) mass is 465 g/mol. The van der Waals surface area contributed by atoms with Crippen LogP contribution in [0.2, 0.25) is 0 Å². The number of benzene rings is 4.